The number of Topliss-reactive ketones (excluding diaryl/α,β-unsaturated/α-hetero) is 1. The fourth-order valence-electron chi connectivity index (χ4n) is 4.03. The number of thiazole rings is 1. The van der Waals surface area contributed by atoms with E-state index in [1.165, 1.54) is 17.1 Å². The zero-order valence-electron chi connectivity index (χ0n) is 20.2. The first-order chi connectivity index (χ1) is 17.7. The maximum Gasteiger partial charge on any atom is 0.418 e. The summed E-state index contributed by atoms with van der Waals surface area (Å²) in [6.45, 7) is 1.74. The molecular formula is C23H22ClF5N6O2S. The summed E-state index contributed by atoms with van der Waals surface area (Å²) in [6, 6.07) is 0.637. The summed E-state index contributed by atoms with van der Waals surface area (Å²) in [4.78, 5) is 35.2. The van der Waals surface area contributed by atoms with E-state index in [0.29, 0.717) is 22.3 Å². The Hall–Kier alpha value is -2.97. The third kappa shape index (κ3) is 6.35. The molecule has 4 rings (SSSR count). The van der Waals surface area contributed by atoms with Crippen molar-refractivity contribution in [1.82, 2.24) is 24.6 Å². The molecule has 0 spiro atoms. The Bertz CT molecular complexity index is 1360. The number of hydrogen-bond donors (Lipinski definition) is 1. The van der Waals surface area contributed by atoms with E-state index >= 15 is 0 Å². The summed E-state index contributed by atoms with van der Waals surface area (Å²) in [6.07, 6.45) is -1.45. The van der Waals surface area contributed by atoms with Crippen LogP contribution in [0.25, 0.3) is 0 Å². The van der Waals surface area contributed by atoms with Gasteiger partial charge in [-0.25, -0.2) is 18.7 Å². The van der Waals surface area contributed by atoms with Gasteiger partial charge >= 0.3 is 6.18 Å². The molecule has 8 nitrogen and oxygen atoms in total. The minimum atomic E-state index is -4.72. The molecule has 204 valence electrons. The second kappa shape index (κ2) is 10.7. The van der Waals surface area contributed by atoms with Gasteiger partial charge in [-0.05, 0) is 6.07 Å². The van der Waals surface area contributed by atoms with Crippen LogP contribution in [0.2, 0.25) is 5.02 Å². The summed E-state index contributed by atoms with van der Waals surface area (Å²) in [5.74, 6) is -4.45. The number of amides is 1. The molecule has 0 aliphatic carbocycles. The monoisotopic (exact) mass is 576 g/mol. The van der Waals surface area contributed by atoms with Crippen molar-refractivity contribution in [2.45, 2.75) is 44.3 Å². The minimum Gasteiger partial charge on any atom is -0.306 e. The molecule has 1 fully saturated rings. The van der Waals surface area contributed by atoms with Gasteiger partial charge in [-0.15, -0.1) is 11.3 Å². The van der Waals surface area contributed by atoms with Gasteiger partial charge in [0.05, 0.1) is 45.8 Å². The van der Waals surface area contributed by atoms with Crippen LogP contribution in [0.1, 0.15) is 62.0 Å². The molecular weight excluding hydrogens is 555 g/mol. The molecule has 1 aliphatic rings. The van der Waals surface area contributed by atoms with Crippen LogP contribution < -0.4 is 5.32 Å². The lowest BCUT2D eigenvalue weighted by atomic mass is 10.0. The standard InChI is InChI=1S/C23H22ClF5N6O2S/c1-12(5-17(36)13-7-32-34(2)16(13)10-35-4-3-22(25,26)11-35)21-31-9-18(38-21)20(37)33-19-6-14(23(27,28)29)15(24)8-30-19/h6-9,12H,3-5,10-11H2,1-2H3,(H,30,33,37)/t12-/m0/s1. The van der Waals surface area contributed by atoms with Gasteiger partial charge in [0.1, 0.15) is 10.7 Å². The highest BCUT2D eigenvalue weighted by Gasteiger charge is 2.39. The molecule has 0 radical (unpaired) electrons. The van der Waals surface area contributed by atoms with Crippen molar-refractivity contribution in [1.29, 1.82) is 0 Å². The first kappa shape index (κ1) is 28.0. The lowest BCUT2D eigenvalue weighted by Crippen LogP contribution is -2.26. The molecule has 0 bridgehead atoms. The Morgan fingerprint density at radius 1 is 1.24 bits per heavy atom. The van der Waals surface area contributed by atoms with E-state index < -0.39 is 34.5 Å². The Balaban J connectivity index is 1.41. The van der Waals surface area contributed by atoms with E-state index in [1.54, 1.807) is 18.9 Å². The lowest BCUT2D eigenvalue weighted by molar-refractivity contribution is -0.137. The van der Waals surface area contributed by atoms with E-state index in [1.807, 2.05) is 0 Å². The second-order valence-corrected chi connectivity index (χ2v) is 10.5. The quantitative estimate of drug-likeness (QED) is 0.285. The molecule has 4 heterocycles. The molecule has 1 atom stereocenters. The summed E-state index contributed by atoms with van der Waals surface area (Å²) < 4.78 is 67.9. The van der Waals surface area contributed by atoms with E-state index in [-0.39, 0.29) is 49.0 Å². The summed E-state index contributed by atoms with van der Waals surface area (Å²) in [5.41, 5.74) is -0.263. The smallest absolute Gasteiger partial charge is 0.306 e. The van der Waals surface area contributed by atoms with Gasteiger partial charge in [-0.2, -0.15) is 18.3 Å². The zero-order valence-corrected chi connectivity index (χ0v) is 21.7. The van der Waals surface area contributed by atoms with Crippen LogP contribution in [0.4, 0.5) is 27.8 Å². The largest absolute Gasteiger partial charge is 0.418 e. The Kier molecular flexibility index (Phi) is 7.86. The third-order valence-corrected chi connectivity index (χ3v) is 7.58. The van der Waals surface area contributed by atoms with Crippen molar-refractivity contribution in [2.24, 2.45) is 7.05 Å². The van der Waals surface area contributed by atoms with E-state index in [2.05, 4.69) is 20.4 Å². The molecule has 1 N–H and O–H groups in total. The molecule has 1 amide bonds. The van der Waals surface area contributed by atoms with Crippen LogP contribution in [0.15, 0.2) is 24.7 Å². The van der Waals surface area contributed by atoms with Gasteiger partial charge in [0.2, 0.25) is 0 Å². The molecule has 3 aromatic rings. The number of ketones is 1. The third-order valence-electron chi connectivity index (χ3n) is 6.05. The average Bonchev–Trinajstić information content (AvgIpc) is 3.54. The van der Waals surface area contributed by atoms with Crippen molar-refractivity contribution < 1.29 is 31.5 Å². The highest BCUT2D eigenvalue weighted by atomic mass is 35.5. The molecule has 38 heavy (non-hydrogen) atoms. The zero-order chi connectivity index (χ0) is 27.8. The predicted molar refractivity (Wildman–Crippen MR) is 130 cm³/mol. The van der Waals surface area contributed by atoms with Crippen LogP contribution >= 0.6 is 22.9 Å². The summed E-state index contributed by atoms with van der Waals surface area (Å²) in [7, 11) is 1.64. The van der Waals surface area contributed by atoms with Gasteiger partial charge in [0, 0.05) is 45.1 Å². The average molecular weight is 577 g/mol. The van der Waals surface area contributed by atoms with Gasteiger partial charge in [0.25, 0.3) is 11.8 Å². The highest BCUT2D eigenvalue weighted by Crippen LogP contribution is 2.35. The first-order valence-corrected chi connectivity index (χ1v) is 12.6. The maximum atomic E-state index is 13.6. The van der Waals surface area contributed by atoms with Gasteiger partial charge in [0.15, 0.2) is 5.78 Å². The number of halogens is 6. The number of carbonyl (C=O) groups is 2. The fourth-order valence-corrected chi connectivity index (χ4v) is 5.11. The Morgan fingerprint density at radius 2 is 1.97 bits per heavy atom. The number of anilines is 1. The molecule has 1 aliphatic heterocycles. The van der Waals surface area contributed by atoms with Crippen molar-refractivity contribution >= 4 is 40.4 Å². The van der Waals surface area contributed by atoms with Crippen LogP contribution in [0.5, 0.6) is 0 Å². The second-order valence-electron chi connectivity index (χ2n) is 9.04. The van der Waals surface area contributed by atoms with Crippen molar-refractivity contribution in [3.63, 3.8) is 0 Å². The highest BCUT2D eigenvalue weighted by molar-refractivity contribution is 7.13. The van der Waals surface area contributed by atoms with Gasteiger partial charge in [-0.1, -0.05) is 18.5 Å². The van der Waals surface area contributed by atoms with Crippen LogP contribution in [-0.4, -0.2) is 55.4 Å². The Labute approximate surface area is 222 Å². The molecule has 3 aromatic heterocycles. The summed E-state index contributed by atoms with van der Waals surface area (Å²) in [5, 5.41) is 6.29. The fraction of sp³-hybridized carbons (Fsp3) is 0.435. The van der Waals surface area contributed by atoms with E-state index in [4.69, 9.17) is 11.6 Å². The topological polar surface area (TPSA) is 93.0 Å². The van der Waals surface area contributed by atoms with E-state index in [9.17, 15) is 31.5 Å². The number of carbonyl (C=O) groups excluding carboxylic acids is 2. The van der Waals surface area contributed by atoms with Crippen LogP contribution in [0.3, 0.4) is 0 Å². The number of pyridine rings is 1. The minimum absolute atomic E-state index is 0.0249. The number of rotatable bonds is 8. The number of aryl methyl sites for hydroxylation is 1. The molecule has 0 aromatic carbocycles. The number of nitrogens with zero attached hydrogens (tertiary/aromatic N) is 5. The summed E-state index contributed by atoms with van der Waals surface area (Å²) >= 11 is 6.54. The van der Waals surface area contributed by atoms with Crippen molar-refractivity contribution in [3.05, 3.63) is 56.4 Å². The molecule has 15 heteroatoms. The van der Waals surface area contributed by atoms with Crippen LogP contribution in [-0.2, 0) is 19.8 Å². The maximum absolute atomic E-state index is 13.6. The number of hydrogen-bond acceptors (Lipinski definition) is 7. The van der Waals surface area contributed by atoms with Gasteiger partial charge < -0.3 is 5.32 Å². The number of nitrogens with one attached hydrogen (secondary N) is 1. The molecule has 1 saturated heterocycles. The number of aromatic nitrogens is 4. The van der Waals surface area contributed by atoms with Crippen LogP contribution in [0, 0.1) is 0 Å². The first-order valence-electron chi connectivity index (χ1n) is 11.4. The number of alkyl halides is 5. The lowest BCUT2D eigenvalue weighted by Gasteiger charge is -2.17. The van der Waals surface area contributed by atoms with Crippen molar-refractivity contribution in [3.8, 4) is 0 Å². The van der Waals surface area contributed by atoms with E-state index in [0.717, 1.165) is 17.5 Å². The molecule has 0 unspecified atom stereocenters. The predicted octanol–water partition coefficient (Wildman–Crippen LogP) is 5.41. The number of likely N-dealkylation sites (tertiary alicyclic amines) is 1. The SMILES string of the molecule is C[C@@H](CC(=O)c1cnn(C)c1CN1CCC(F)(F)C1)c1ncc(C(=O)Nc2cc(C(F)(F)F)c(Cl)cn2)s1. The van der Waals surface area contributed by atoms with Crippen molar-refractivity contribution in [2.75, 3.05) is 18.4 Å². The molecule has 0 saturated carbocycles. The normalized spacial score (nSPS) is 16.5. The van der Waals surface area contributed by atoms with Gasteiger partial charge in [-0.3, -0.25) is 19.2 Å². The Morgan fingerprint density at radius 3 is 2.63 bits per heavy atom.